The second-order valence-electron chi connectivity index (χ2n) is 4.24. The SMILES string of the molecule is CNc1nnc(C(C)(C)C)c(=O)n1C. The van der Waals surface area contributed by atoms with Crippen LogP contribution in [0.15, 0.2) is 4.79 Å². The van der Waals surface area contributed by atoms with Gasteiger partial charge >= 0.3 is 0 Å². The zero-order valence-corrected chi connectivity index (χ0v) is 9.25. The van der Waals surface area contributed by atoms with E-state index in [0.717, 1.165) is 0 Å². The van der Waals surface area contributed by atoms with Gasteiger partial charge in [0.15, 0.2) is 0 Å². The van der Waals surface area contributed by atoms with Gasteiger partial charge in [-0.2, -0.15) is 0 Å². The number of nitrogens with zero attached hydrogens (tertiary/aromatic N) is 3. The summed E-state index contributed by atoms with van der Waals surface area (Å²) in [5.41, 5.74) is 0.115. The van der Waals surface area contributed by atoms with Crippen molar-refractivity contribution in [2.45, 2.75) is 26.2 Å². The Bertz CT molecular complexity index is 389. The molecule has 0 atom stereocenters. The minimum atomic E-state index is -0.270. The van der Waals surface area contributed by atoms with E-state index in [-0.39, 0.29) is 11.0 Å². The largest absolute Gasteiger partial charge is 0.357 e. The lowest BCUT2D eigenvalue weighted by molar-refractivity contribution is 0.535. The predicted octanol–water partition coefficient (Wildman–Crippen LogP) is 0.514. The molecule has 1 heterocycles. The van der Waals surface area contributed by atoms with Gasteiger partial charge in [-0.25, -0.2) is 0 Å². The number of anilines is 1. The Hall–Kier alpha value is -1.39. The lowest BCUT2D eigenvalue weighted by atomic mass is 9.93. The highest BCUT2D eigenvalue weighted by Gasteiger charge is 2.21. The summed E-state index contributed by atoms with van der Waals surface area (Å²) >= 11 is 0. The molecule has 1 rings (SSSR count). The van der Waals surface area contributed by atoms with Crippen LogP contribution in [0.2, 0.25) is 0 Å². The van der Waals surface area contributed by atoms with Gasteiger partial charge in [-0.15, -0.1) is 10.2 Å². The minimum absolute atomic E-state index is 0.100. The number of hydrogen-bond acceptors (Lipinski definition) is 4. The van der Waals surface area contributed by atoms with Crippen molar-refractivity contribution in [3.05, 3.63) is 16.0 Å². The Morgan fingerprint density at radius 3 is 2.29 bits per heavy atom. The quantitative estimate of drug-likeness (QED) is 0.711. The van der Waals surface area contributed by atoms with Crippen molar-refractivity contribution in [1.29, 1.82) is 0 Å². The molecule has 0 saturated carbocycles. The molecule has 78 valence electrons. The van der Waals surface area contributed by atoms with Gasteiger partial charge in [-0.1, -0.05) is 20.8 Å². The van der Waals surface area contributed by atoms with Crippen LogP contribution in [-0.2, 0) is 12.5 Å². The molecular formula is C9H16N4O. The first-order valence-corrected chi connectivity index (χ1v) is 4.50. The van der Waals surface area contributed by atoms with Crippen molar-refractivity contribution in [2.75, 3.05) is 12.4 Å². The number of aromatic nitrogens is 3. The number of nitrogens with one attached hydrogen (secondary N) is 1. The lowest BCUT2D eigenvalue weighted by Crippen LogP contribution is -2.33. The third-order valence-electron chi connectivity index (χ3n) is 2.00. The van der Waals surface area contributed by atoms with Crippen LogP contribution in [0.3, 0.4) is 0 Å². The van der Waals surface area contributed by atoms with E-state index in [2.05, 4.69) is 15.5 Å². The van der Waals surface area contributed by atoms with E-state index in [1.54, 1.807) is 14.1 Å². The molecular weight excluding hydrogens is 180 g/mol. The fourth-order valence-corrected chi connectivity index (χ4v) is 1.15. The van der Waals surface area contributed by atoms with Gasteiger partial charge in [0.2, 0.25) is 5.95 Å². The van der Waals surface area contributed by atoms with Gasteiger partial charge in [0.1, 0.15) is 5.69 Å². The maximum Gasteiger partial charge on any atom is 0.277 e. The van der Waals surface area contributed by atoms with Gasteiger partial charge in [0.25, 0.3) is 5.56 Å². The molecule has 0 unspecified atom stereocenters. The van der Waals surface area contributed by atoms with E-state index in [1.807, 2.05) is 20.8 Å². The Labute approximate surface area is 83.2 Å². The fourth-order valence-electron chi connectivity index (χ4n) is 1.15. The molecule has 14 heavy (non-hydrogen) atoms. The molecule has 0 aliphatic heterocycles. The summed E-state index contributed by atoms with van der Waals surface area (Å²) in [6.45, 7) is 5.83. The smallest absolute Gasteiger partial charge is 0.277 e. The Balaban J connectivity index is 3.40. The maximum absolute atomic E-state index is 11.8. The van der Waals surface area contributed by atoms with Crippen LogP contribution in [-0.4, -0.2) is 21.8 Å². The summed E-state index contributed by atoms with van der Waals surface area (Å²) in [7, 11) is 3.39. The molecule has 0 aliphatic carbocycles. The van der Waals surface area contributed by atoms with Crippen LogP contribution in [0.5, 0.6) is 0 Å². The summed E-state index contributed by atoms with van der Waals surface area (Å²) in [6, 6.07) is 0. The van der Waals surface area contributed by atoms with Gasteiger partial charge in [-0.05, 0) is 0 Å². The highest BCUT2D eigenvalue weighted by molar-refractivity contribution is 5.23. The third kappa shape index (κ3) is 1.76. The molecule has 0 aliphatic rings. The second-order valence-corrected chi connectivity index (χ2v) is 4.24. The van der Waals surface area contributed by atoms with Gasteiger partial charge in [0.05, 0.1) is 0 Å². The summed E-state index contributed by atoms with van der Waals surface area (Å²) in [6.07, 6.45) is 0. The monoisotopic (exact) mass is 196 g/mol. The van der Waals surface area contributed by atoms with Crippen molar-refractivity contribution in [2.24, 2.45) is 7.05 Å². The summed E-state index contributed by atoms with van der Waals surface area (Å²) in [5, 5.41) is 10.7. The molecule has 0 amide bonds. The normalized spacial score (nSPS) is 11.5. The Morgan fingerprint density at radius 1 is 1.29 bits per heavy atom. The average molecular weight is 196 g/mol. The highest BCUT2D eigenvalue weighted by atomic mass is 16.1. The number of rotatable bonds is 1. The molecule has 1 N–H and O–H groups in total. The van der Waals surface area contributed by atoms with Gasteiger partial charge < -0.3 is 5.32 Å². The average Bonchev–Trinajstić information content (AvgIpc) is 2.07. The van der Waals surface area contributed by atoms with Crippen LogP contribution < -0.4 is 10.9 Å². The minimum Gasteiger partial charge on any atom is -0.357 e. The molecule has 0 aromatic carbocycles. The van der Waals surface area contributed by atoms with Crippen LogP contribution in [0.1, 0.15) is 26.5 Å². The zero-order chi connectivity index (χ0) is 10.9. The zero-order valence-electron chi connectivity index (χ0n) is 9.25. The Kier molecular flexibility index (Phi) is 2.59. The molecule has 1 aromatic heterocycles. The van der Waals surface area contributed by atoms with Crippen molar-refractivity contribution in [3.8, 4) is 0 Å². The molecule has 1 aromatic rings. The van der Waals surface area contributed by atoms with Crippen LogP contribution in [0.4, 0.5) is 5.95 Å². The lowest BCUT2D eigenvalue weighted by Gasteiger charge is -2.17. The predicted molar refractivity (Wildman–Crippen MR) is 55.5 cm³/mol. The van der Waals surface area contributed by atoms with E-state index in [0.29, 0.717) is 11.6 Å². The van der Waals surface area contributed by atoms with E-state index < -0.39 is 0 Å². The molecule has 0 saturated heterocycles. The fraction of sp³-hybridized carbons (Fsp3) is 0.667. The van der Waals surface area contributed by atoms with E-state index >= 15 is 0 Å². The van der Waals surface area contributed by atoms with Crippen LogP contribution >= 0.6 is 0 Å². The maximum atomic E-state index is 11.8. The summed E-state index contributed by atoms with van der Waals surface area (Å²) < 4.78 is 1.47. The van der Waals surface area contributed by atoms with Crippen molar-refractivity contribution < 1.29 is 0 Å². The number of hydrogen-bond donors (Lipinski definition) is 1. The van der Waals surface area contributed by atoms with Crippen LogP contribution in [0, 0.1) is 0 Å². The molecule has 5 heteroatoms. The van der Waals surface area contributed by atoms with Gasteiger partial charge in [-0.3, -0.25) is 9.36 Å². The molecule has 0 spiro atoms. The Morgan fingerprint density at radius 2 is 1.86 bits per heavy atom. The molecule has 5 nitrogen and oxygen atoms in total. The van der Waals surface area contributed by atoms with E-state index in [4.69, 9.17) is 0 Å². The third-order valence-corrected chi connectivity index (χ3v) is 2.00. The first-order chi connectivity index (χ1) is 6.38. The molecule has 0 bridgehead atoms. The molecule has 0 radical (unpaired) electrons. The standard InChI is InChI=1S/C9H16N4O/c1-9(2,3)6-7(14)13(5)8(10-4)12-11-6/h1-5H3,(H,10,12). The first-order valence-electron chi connectivity index (χ1n) is 4.50. The first kappa shape index (κ1) is 10.7. The van der Waals surface area contributed by atoms with Crippen molar-refractivity contribution in [3.63, 3.8) is 0 Å². The summed E-state index contributed by atoms with van der Waals surface area (Å²) in [5.74, 6) is 0.475. The van der Waals surface area contributed by atoms with E-state index in [1.165, 1.54) is 4.57 Å². The molecule has 0 fully saturated rings. The van der Waals surface area contributed by atoms with E-state index in [9.17, 15) is 4.79 Å². The summed E-state index contributed by atoms with van der Waals surface area (Å²) in [4.78, 5) is 11.8. The van der Waals surface area contributed by atoms with Gasteiger partial charge in [0, 0.05) is 19.5 Å². The van der Waals surface area contributed by atoms with Crippen molar-refractivity contribution in [1.82, 2.24) is 14.8 Å². The highest BCUT2D eigenvalue weighted by Crippen LogP contribution is 2.15. The topological polar surface area (TPSA) is 59.8 Å². The van der Waals surface area contributed by atoms with Crippen molar-refractivity contribution >= 4 is 5.95 Å². The van der Waals surface area contributed by atoms with Crippen LogP contribution in [0.25, 0.3) is 0 Å². The second kappa shape index (κ2) is 3.40.